The van der Waals surface area contributed by atoms with Gasteiger partial charge in [-0.05, 0) is 49.4 Å². The molecule has 2 aromatic carbocycles. The molecule has 0 saturated carbocycles. The summed E-state index contributed by atoms with van der Waals surface area (Å²) < 4.78 is 11.3. The molecule has 0 aromatic heterocycles. The number of benzene rings is 2. The molecule has 2 aromatic rings. The Balaban J connectivity index is 1.73. The molecule has 2 rings (SSSR count). The van der Waals surface area contributed by atoms with E-state index >= 15 is 0 Å². The van der Waals surface area contributed by atoms with E-state index in [0.717, 1.165) is 18.0 Å². The fourth-order valence-electron chi connectivity index (χ4n) is 1.93. The van der Waals surface area contributed by atoms with E-state index in [9.17, 15) is 0 Å². The highest BCUT2D eigenvalue weighted by Crippen LogP contribution is 2.14. The van der Waals surface area contributed by atoms with Crippen LogP contribution in [0, 0.1) is 6.92 Å². The Kier molecular flexibility index (Phi) is 5.44. The Morgan fingerprint density at radius 1 is 0.900 bits per heavy atom. The third-order valence-electron chi connectivity index (χ3n) is 2.91. The van der Waals surface area contributed by atoms with Gasteiger partial charge in [0.2, 0.25) is 0 Å². The summed E-state index contributed by atoms with van der Waals surface area (Å²) in [5.74, 6) is 1.76. The Hall–Kier alpha value is -2.00. The van der Waals surface area contributed by atoms with Gasteiger partial charge in [0.05, 0.1) is 0 Å². The fraction of sp³-hybridized carbons (Fsp3) is 0.294. The summed E-state index contributed by atoms with van der Waals surface area (Å²) in [5.41, 5.74) is 2.44. The molecule has 0 saturated heterocycles. The van der Waals surface area contributed by atoms with Crippen LogP contribution in [0.3, 0.4) is 0 Å². The van der Waals surface area contributed by atoms with Crippen molar-refractivity contribution in [3.8, 4) is 11.5 Å². The van der Waals surface area contributed by atoms with E-state index in [4.69, 9.17) is 9.47 Å². The molecule has 0 heterocycles. The molecule has 0 aliphatic heterocycles. The van der Waals surface area contributed by atoms with Crippen molar-refractivity contribution in [2.45, 2.75) is 13.5 Å². The van der Waals surface area contributed by atoms with E-state index in [1.165, 1.54) is 11.1 Å². The van der Waals surface area contributed by atoms with Crippen LogP contribution in [-0.2, 0) is 6.54 Å². The van der Waals surface area contributed by atoms with Gasteiger partial charge in [-0.3, -0.25) is 0 Å². The van der Waals surface area contributed by atoms with Crippen LogP contribution in [0.4, 0.5) is 0 Å². The topological polar surface area (TPSA) is 30.5 Å². The van der Waals surface area contributed by atoms with E-state index in [1.807, 2.05) is 37.4 Å². The number of hydrogen-bond acceptors (Lipinski definition) is 3. The maximum atomic E-state index is 5.65. The van der Waals surface area contributed by atoms with E-state index in [-0.39, 0.29) is 0 Å². The molecule has 0 spiro atoms. The van der Waals surface area contributed by atoms with Crippen LogP contribution in [0.5, 0.6) is 11.5 Å². The predicted molar refractivity (Wildman–Crippen MR) is 81.4 cm³/mol. The van der Waals surface area contributed by atoms with Gasteiger partial charge in [-0.1, -0.05) is 24.3 Å². The fourth-order valence-corrected chi connectivity index (χ4v) is 1.93. The first-order valence-corrected chi connectivity index (χ1v) is 6.84. The standard InChI is InChI=1S/C17H21NO2/c1-14-4-3-5-17(12-14)20-11-10-19-16-8-6-15(7-9-16)13-18-2/h3-9,12,18H,10-11,13H2,1-2H3. The maximum Gasteiger partial charge on any atom is 0.122 e. The average Bonchev–Trinajstić information content (AvgIpc) is 2.46. The van der Waals surface area contributed by atoms with Gasteiger partial charge >= 0.3 is 0 Å². The van der Waals surface area contributed by atoms with Crippen molar-refractivity contribution in [3.63, 3.8) is 0 Å². The lowest BCUT2D eigenvalue weighted by Crippen LogP contribution is -2.09. The Labute approximate surface area is 120 Å². The molecule has 3 nitrogen and oxygen atoms in total. The van der Waals surface area contributed by atoms with Crippen LogP contribution < -0.4 is 14.8 Å². The first kappa shape index (κ1) is 14.4. The van der Waals surface area contributed by atoms with Crippen LogP contribution >= 0.6 is 0 Å². The lowest BCUT2D eigenvalue weighted by molar-refractivity contribution is 0.217. The second-order valence-corrected chi connectivity index (χ2v) is 4.69. The maximum absolute atomic E-state index is 5.65. The van der Waals surface area contributed by atoms with Crippen LogP contribution in [0.25, 0.3) is 0 Å². The normalized spacial score (nSPS) is 10.3. The monoisotopic (exact) mass is 271 g/mol. The van der Waals surface area contributed by atoms with Crippen LogP contribution in [0.2, 0.25) is 0 Å². The van der Waals surface area contributed by atoms with Crippen LogP contribution in [0.1, 0.15) is 11.1 Å². The lowest BCUT2D eigenvalue weighted by atomic mass is 10.2. The number of nitrogens with one attached hydrogen (secondary N) is 1. The van der Waals surface area contributed by atoms with Gasteiger partial charge < -0.3 is 14.8 Å². The zero-order valence-electron chi connectivity index (χ0n) is 12.1. The van der Waals surface area contributed by atoms with Gasteiger partial charge in [0.25, 0.3) is 0 Å². The number of rotatable bonds is 7. The Morgan fingerprint density at radius 3 is 2.25 bits per heavy atom. The van der Waals surface area contributed by atoms with Crippen molar-refractivity contribution in [2.24, 2.45) is 0 Å². The highest BCUT2D eigenvalue weighted by Gasteiger charge is 1.97. The highest BCUT2D eigenvalue weighted by molar-refractivity contribution is 5.28. The summed E-state index contributed by atoms with van der Waals surface area (Å²) in [6.45, 7) is 4.01. The van der Waals surface area contributed by atoms with Gasteiger partial charge in [-0.2, -0.15) is 0 Å². The second kappa shape index (κ2) is 7.56. The highest BCUT2D eigenvalue weighted by atomic mass is 16.5. The smallest absolute Gasteiger partial charge is 0.122 e. The van der Waals surface area contributed by atoms with Gasteiger partial charge in [-0.25, -0.2) is 0 Å². The molecule has 3 heteroatoms. The van der Waals surface area contributed by atoms with Crippen molar-refractivity contribution in [1.29, 1.82) is 0 Å². The van der Waals surface area contributed by atoms with E-state index in [1.54, 1.807) is 0 Å². The summed E-state index contributed by atoms with van der Waals surface area (Å²) >= 11 is 0. The molecular formula is C17H21NO2. The lowest BCUT2D eigenvalue weighted by Gasteiger charge is -2.09. The van der Waals surface area contributed by atoms with E-state index in [0.29, 0.717) is 13.2 Å². The summed E-state index contributed by atoms with van der Waals surface area (Å²) in [6, 6.07) is 16.1. The molecule has 0 radical (unpaired) electrons. The molecule has 0 atom stereocenters. The number of aryl methyl sites for hydroxylation is 1. The molecule has 0 bridgehead atoms. The molecule has 106 valence electrons. The summed E-state index contributed by atoms with van der Waals surface area (Å²) in [4.78, 5) is 0. The Morgan fingerprint density at radius 2 is 1.60 bits per heavy atom. The first-order valence-electron chi connectivity index (χ1n) is 6.84. The minimum absolute atomic E-state index is 0.541. The predicted octanol–water partition coefficient (Wildman–Crippen LogP) is 3.17. The van der Waals surface area contributed by atoms with Gasteiger partial charge in [-0.15, -0.1) is 0 Å². The molecular weight excluding hydrogens is 250 g/mol. The SMILES string of the molecule is CNCc1ccc(OCCOc2cccc(C)c2)cc1. The zero-order chi connectivity index (χ0) is 14.2. The largest absolute Gasteiger partial charge is 0.490 e. The summed E-state index contributed by atoms with van der Waals surface area (Å²) in [6.07, 6.45) is 0. The second-order valence-electron chi connectivity index (χ2n) is 4.69. The van der Waals surface area contributed by atoms with Crippen LogP contribution in [0.15, 0.2) is 48.5 Å². The van der Waals surface area contributed by atoms with Gasteiger partial charge in [0.1, 0.15) is 24.7 Å². The zero-order valence-corrected chi connectivity index (χ0v) is 12.1. The summed E-state index contributed by atoms with van der Waals surface area (Å²) in [5, 5.41) is 3.12. The van der Waals surface area contributed by atoms with Crippen molar-refractivity contribution in [3.05, 3.63) is 59.7 Å². The van der Waals surface area contributed by atoms with E-state index in [2.05, 4.69) is 30.4 Å². The first-order chi connectivity index (χ1) is 9.78. The molecule has 0 unspecified atom stereocenters. The van der Waals surface area contributed by atoms with E-state index < -0.39 is 0 Å². The Bertz CT molecular complexity index is 523. The minimum atomic E-state index is 0.541. The van der Waals surface area contributed by atoms with Crippen molar-refractivity contribution < 1.29 is 9.47 Å². The molecule has 20 heavy (non-hydrogen) atoms. The molecule has 0 aliphatic rings. The number of hydrogen-bond donors (Lipinski definition) is 1. The average molecular weight is 271 g/mol. The summed E-state index contributed by atoms with van der Waals surface area (Å²) in [7, 11) is 1.94. The third-order valence-corrected chi connectivity index (χ3v) is 2.91. The molecule has 0 amide bonds. The van der Waals surface area contributed by atoms with Crippen molar-refractivity contribution in [1.82, 2.24) is 5.32 Å². The van der Waals surface area contributed by atoms with Crippen molar-refractivity contribution >= 4 is 0 Å². The minimum Gasteiger partial charge on any atom is -0.490 e. The molecule has 0 fully saturated rings. The van der Waals surface area contributed by atoms with Gasteiger partial charge in [0.15, 0.2) is 0 Å². The van der Waals surface area contributed by atoms with Gasteiger partial charge in [0, 0.05) is 6.54 Å². The number of ether oxygens (including phenoxy) is 2. The van der Waals surface area contributed by atoms with Crippen molar-refractivity contribution in [2.75, 3.05) is 20.3 Å². The third kappa shape index (κ3) is 4.59. The molecule has 1 N–H and O–H groups in total. The quantitative estimate of drug-likeness (QED) is 0.785. The molecule has 0 aliphatic carbocycles. The van der Waals surface area contributed by atoms with Crippen LogP contribution in [-0.4, -0.2) is 20.3 Å².